The minimum Gasteiger partial charge on any atom is -0.222 e. The third-order valence-corrected chi connectivity index (χ3v) is 7.38. The summed E-state index contributed by atoms with van der Waals surface area (Å²) in [5.74, 6) is 0. The van der Waals surface area contributed by atoms with Crippen molar-refractivity contribution in [1.29, 1.82) is 10.5 Å². The van der Waals surface area contributed by atoms with Crippen LogP contribution in [-0.4, -0.2) is 22.1 Å². The molecule has 0 aliphatic heterocycles. The van der Waals surface area contributed by atoms with Gasteiger partial charge >= 0.3 is 0 Å². The number of hydrogen-bond donors (Lipinski definition) is 0. The number of rotatable bonds is 5. The van der Waals surface area contributed by atoms with Crippen LogP contribution in [0.25, 0.3) is 0 Å². The second-order valence-electron chi connectivity index (χ2n) is 5.87. The lowest BCUT2D eigenvalue weighted by Crippen LogP contribution is -2.19. The van der Waals surface area contributed by atoms with Gasteiger partial charge in [-0.1, -0.05) is 35.4 Å². The SMILES string of the molecule is Cc1ccc(S(=O)(=O)C(C#N)=CC(C#N)S(=O)(=O)c2ccc(C)cc2)cc1. The number of sulfone groups is 2. The van der Waals surface area contributed by atoms with Gasteiger partial charge < -0.3 is 0 Å². The fraction of sp³-hybridized carbons (Fsp3) is 0.158. The maximum absolute atomic E-state index is 12.7. The molecule has 0 fully saturated rings. The van der Waals surface area contributed by atoms with Crippen LogP contribution in [0.1, 0.15) is 11.1 Å². The van der Waals surface area contributed by atoms with Crippen LogP contribution in [0.2, 0.25) is 0 Å². The van der Waals surface area contributed by atoms with Crippen LogP contribution >= 0.6 is 0 Å². The maximum Gasteiger partial charge on any atom is 0.216 e. The lowest BCUT2D eigenvalue weighted by Gasteiger charge is -2.09. The highest BCUT2D eigenvalue weighted by atomic mass is 32.2. The Hall–Kier alpha value is -2.94. The lowest BCUT2D eigenvalue weighted by molar-refractivity contribution is 0.594. The van der Waals surface area contributed by atoms with E-state index in [1.807, 2.05) is 0 Å². The van der Waals surface area contributed by atoms with E-state index in [4.69, 9.17) is 0 Å². The molecular weight excluding hydrogens is 384 g/mol. The van der Waals surface area contributed by atoms with E-state index < -0.39 is 29.8 Å². The van der Waals surface area contributed by atoms with Crippen molar-refractivity contribution in [2.45, 2.75) is 28.9 Å². The summed E-state index contributed by atoms with van der Waals surface area (Å²) >= 11 is 0. The minimum absolute atomic E-state index is 0.124. The van der Waals surface area contributed by atoms with Crippen molar-refractivity contribution in [3.05, 3.63) is 70.6 Å². The summed E-state index contributed by atoms with van der Waals surface area (Å²) in [5, 5.41) is 16.8. The van der Waals surface area contributed by atoms with E-state index in [1.54, 1.807) is 44.2 Å². The topological polar surface area (TPSA) is 116 Å². The molecule has 8 heteroatoms. The molecule has 27 heavy (non-hydrogen) atoms. The molecular formula is C19H16N2O4S2. The Balaban J connectivity index is 2.54. The molecule has 0 N–H and O–H groups in total. The first-order valence-corrected chi connectivity index (χ1v) is 10.8. The van der Waals surface area contributed by atoms with E-state index in [-0.39, 0.29) is 9.79 Å². The number of nitrogens with zero attached hydrogens (tertiary/aromatic N) is 2. The van der Waals surface area contributed by atoms with Crippen molar-refractivity contribution in [3.63, 3.8) is 0 Å². The van der Waals surface area contributed by atoms with Crippen LogP contribution in [0, 0.1) is 36.5 Å². The van der Waals surface area contributed by atoms with Crippen molar-refractivity contribution >= 4 is 19.7 Å². The van der Waals surface area contributed by atoms with Crippen molar-refractivity contribution in [1.82, 2.24) is 0 Å². The molecule has 138 valence electrons. The van der Waals surface area contributed by atoms with E-state index in [2.05, 4.69) is 0 Å². The number of aryl methyl sites for hydroxylation is 2. The monoisotopic (exact) mass is 400 g/mol. The van der Waals surface area contributed by atoms with Gasteiger partial charge in [-0.15, -0.1) is 0 Å². The van der Waals surface area contributed by atoms with Crippen LogP contribution in [0.4, 0.5) is 0 Å². The molecule has 0 aliphatic rings. The summed E-state index contributed by atoms with van der Waals surface area (Å²) < 4.78 is 50.6. The highest BCUT2D eigenvalue weighted by Gasteiger charge is 2.30. The van der Waals surface area contributed by atoms with E-state index in [0.29, 0.717) is 6.08 Å². The quantitative estimate of drug-likeness (QED) is 0.713. The highest BCUT2D eigenvalue weighted by molar-refractivity contribution is 7.95. The molecule has 2 aromatic carbocycles. The third kappa shape index (κ3) is 4.25. The summed E-state index contributed by atoms with van der Waals surface area (Å²) in [6.07, 6.45) is 0.685. The zero-order valence-electron chi connectivity index (χ0n) is 14.6. The van der Waals surface area contributed by atoms with Crippen molar-refractivity contribution in [2.24, 2.45) is 0 Å². The number of benzene rings is 2. The largest absolute Gasteiger partial charge is 0.222 e. The molecule has 0 aromatic heterocycles. The van der Waals surface area contributed by atoms with E-state index in [1.165, 1.54) is 30.3 Å². The zero-order valence-corrected chi connectivity index (χ0v) is 16.3. The van der Waals surface area contributed by atoms with E-state index in [9.17, 15) is 27.4 Å². The van der Waals surface area contributed by atoms with Gasteiger partial charge in [0.05, 0.1) is 15.9 Å². The molecule has 0 heterocycles. The first kappa shape index (κ1) is 20.4. The fourth-order valence-electron chi connectivity index (χ4n) is 2.24. The smallest absolute Gasteiger partial charge is 0.216 e. The Morgan fingerprint density at radius 3 is 1.70 bits per heavy atom. The predicted octanol–water partition coefficient (Wildman–Crippen LogP) is 2.85. The summed E-state index contributed by atoms with van der Waals surface area (Å²) in [5.41, 5.74) is 1.66. The van der Waals surface area contributed by atoms with Gasteiger partial charge in [0.15, 0.2) is 15.1 Å². The predicted molar refractivity (Wildman–Crippen MR) is 99.8 cm³/mol. The van der Waals surface area contributed by atoms with Crippen LogP contribution in [0.5, 0.6) is 0 Å². The number of hydrogen-bond acceptors (Lipinski definition) is 6. The highest BCUT2D eigenvalue weighted by Crippen LogP contribution is 2.23. The van der Waals surface area contributed by atoms with Crippen molar-refractivity contribution in [2.75, 3.05) is 0 Å². The molecule has 0 saturated heterocycles. The van der Waals surface area contributed by atoms with E-state index in [0.717, 1.165) is 11.1 Å². The Labute approximate surface area is 158 Å². The number of nitriles is 2. The van der Waals surface area contributed by atoms with Crippen LogP contribution in [0.3, 0.4) is 0 Å². The van der Waals surface area contributed by atoms with Gasteiger partial charge in [0.25, 0.3) is 0 Å². The molecule has 0 saturated carbocycles. The third-order valence-electron chi connectivity index (χ3n) is 3.84. The van der Waals surface area contributed by atoms with Gasteiger partial charge in [0.2, 0.25) is 9.84 Å². The molecule has 2 aromatic rings. The van der Waals surface area contributed by atoms with Gasteiger partial charge in [0.1, 0.15) is 11.0 Å². The Bertz CT molecular complexity index is 1160. The van der Waals surface area contributed by atoms with Gasteiger partial charge in [-0.25, -0.2) is 16.8 Å². The second-order valence-corrected chi connectivity index (χ2v) is 9.85. The number of allylic oxidation sites excluding steroid dienone is 1. The van der Waals surface area contributed by atoms with Crippen LogP contribution in [0.15, 0.2) is 69.3 Å². The molecule has 2 rings (SSSR count). The van der Waals surface area contributed by atoms with Gasteiger partial charge in [0, 0.05) is 0 Å². The standard InChI is InChI=1S/C19H16N2O4S2/c1-14-3-7-16(8-4-14)26(22,23)18(12-20)11-19(13-21)27(24,25)17-9-5-15(2)6-10-17/h3-11,18H,1-2H3. The Morgan fingerprint density at radius 1 is 0.852 bits per heavy atom. The Kier molecular flexibility index (Phi) is 5.85. The summed E-state index contributed by atoms with van der Waals surface area (Å²) in [6, 6.07) is 14.7. The molecule has 1 atom stereocenters. The average Bonchev–Trinajstić information content (AvgIpc) is 2.63. The first-order valence-electron chi connectivity index (χ1n) is 7.77. The lowest BCUT2D eigenvalue weighted by atomic mass is 10.2. The second kappa shape index (κ2) is 7.75. The van der Waals surface area contributed by atoms with Crippen molar-refractivity contribution < 1.29 is 16.8 Å². The van der Waals surface area contributed by atoms with Crippen molar-refractivity contribution in [3.8, 4) is 12.1 Å². The maximum atomic E-state index is 12.7. The van der Waals surface area contributed by atoms with Gasteiger partial charge in [-0.2, -0.15) is 10.5 Å². The summed E-state index contributed by atoms with van der Waals surface area (Å²) in [7, 11) is -8.41. The molecule has 0 radical (unpaired) electrons. The average molecular weight is 400 g/mol. The van der Waals surface area contributed by atoms with Crippen LogP contribution in [-0.2, 0) is 19.7 Å². The molecule has 0 spiro atoms. The Morgan fingerprint density at radius 2 is 1.30 bits per heavy atom. The molecule has 1 unspecified atom stereocenters. The molecule has 0 aliphatic carbocycles. The van der Waals surface area contributed by atoms with Gasteiger partial charge in [-0.05, 0) is 44.2 Å². The summed E-state index contributed by atoms with van der Waals surface area (Å²) in [6.45, 7) is 3.55. The normalized spacial score (nSPS) is 13.4. The minimum atomic E-state index is -4.24. The first-order chi connectivity index (χ1) is 12.6. The molecule has 6 nitrogen and oxygen atoms in total. The zero-order chi connectivity index (χ0) is 20.2. The van der Waals surface area contributed by atoms with E-state index >= 15 is 0 Å². The molecule has 0 bridgehead atoms. The van der Waals surface area contributed by atoms with Gasteiger partial charge in [-0.3, -0.25) is 0 Å². The fourth-order valence-corrected chi connectivity index (χ4v) is 4.77. The summed E-state index contributed by atoms with van der Waals surface area (Å²) in [4.78, 5) is -1.06. The molecule has 0 amide bonds. The van der Waals surface area contributed by atoms with Crippen LogP contribution < -0.4 is 0 Å².